The molecule has 0 saturated heterocycles. The molecule has 3 nitrogen and oxygen atoms in total. The molecular formula is C20H41NO2. The minimum Gasteiger partial charge on any atom is -0.442 e. The lowest BCUT2D eigenvalue weighted by molar-refractivity contribution is 0.127. The van der Waals surface area contributed by atoms with Crippen molar-refractivity contribution in [2.45, 2.75) is 105 Å². The summed E-state index contributed by atoms with van der Waals surface area (Å²) in [7, 11) is 0. The lowest BCUT2D eigenvalue weighted by Gasteiger charge is -2.10. The second kappa shape index (κ2) is 19.1. The van der Waals surface area contributed by atoms with Crippen molar-refractivity contribution in [3.8, 4) is 0 Å². The number of amides is 1. The van der Waals surface area contributed by atoms with Gasteiger partial charge in [-0.3, -0.25) is 0 Å². The summed E-state index contributed by atoms with van der Waals surface area (Å²) in [5, 5.41) is 2.76. The Morgan fingerprint density at radius 3 is 2.13 bits per heavy atom. The van der Waals surface area contributed by atoms with Crippen LogP contribution >= 0.6 is 0 Å². The topological polar surface area (TPSA) is 38.3 Å². The maximum absolute atomic E-state index is 11.4. The van der Waals surface area contributed by atoms with E-state index in [1.165, 1.54) is 51.4 Å². The zero-order chi connectivity index (χ0) is 16.5. The van der Waals surface area contributed by atoms with Crippen LogP contribution in [0, 0.1) is 0 Å². The van der Waals surface area contributed by atoms with E-state index in [0.29, 0.717) is 6.54 Å². The third kappa shape index (κ3) is 19.0. The van der Waals surface area contributed by atoms with Crippen molar-refractivity contribution >= 4 is 6.09 Å². The molecule has 0 aromatic heterocycles. The maximum atomic E-state index is 11.4. The monoisotopic (exact) mass is 327 g/mol. The Morgan fingerprint density at radius 2 is 1.52 bits per heavy atom. The van der Waals surface area contributed by atoms with Crippen molar-refractivity contribution in [1.82, 2.24) is 5.32 Å². The summed E-state index contributed by atoms with van der Waals surface area (Å²) in [6.45, 7) is 6.96. The smallest absolute Gasteiger partial charge is 0.407 e. The molecule has 0 fully saturated rings. The predicted molar refractivity (Wildman–Crippen MR) is 102 cm³/mol. The van der Waals surface area contributed by atoms with Gasteiger partial charge in [-0.25, -0.2) is 4.79 Å². The highest BCUT2D eigenvalue weighted by Crippen LogP contribution is 2.10. The van der Waals surface area contributed by atoms with E-state index in [4.69, 9.17) is 4.74 Å². The van der Waals surface area contributed by atoms with E-state index < -0.39 is 0 Å². The minimum atomic E-state index is -0.308. The number of alkyl carbamates (subject to hydrolysis) is 1. The molecule has 0 aliphatic heterocycles. The third-order valence-electron chi connectivity index (χ3n) is 3.72. The standard InChI is InChI=1S/C19H37NO2.CH4/c1-4-6-8-9-10-11-12-13-14-15-16-18(3)22-19(21)20-17-7-5-2;/h15-16,18H,4-14,17H2,1-3H3,(H,20,21);1H4/b16-15+;. The van der Waals surface area contributed by atoms with Crippen molar-refractivity contribution in [1.29, 1.82) is 0 Å². The number of nitrogens with one attached hydrogen (secondary N) is 1. The van der Waals surface area contributed by atoms with Gasteiger partial charge in [0.15, 0.2) is 0 Å². The van der Waals surface area contributed by atoms with Crippen LogP contribution < -0.4 is 5.32 Å². The fourth-order valence-electron chi connectivity index (χ4n) is 2.30. The van der Waals surface area contributed by atoms with Gasteiger partial charge < -0.3 is 10.1 Å². The highest BCUT2D eigenvalue weighted by atomic mass is 16.6. The fraction of sp³-hybridized carbons (Fsp3) is 0.850. The van der Waals surface area contributed by atoms with Crippen LogP contribution in [0.15, 0.2) is 12.2 Å². The van der Waals surface area contributed by atoms with Crippen LogP contribution in [0.1, 0.15) is 98.8 Å². The van der Waals surface area contributed by atoms with Crippen molar-refractivity contribution in [2.75, 3.05) is 6.54 Å². The first-order valence-corrected chi connectivity index (χ1v) is 9.31. The van der Waals surface area contributed by atoms with Gasteiger partial charge in [0.25, 0.3) is 0 Å². The summed E-state index contributed by atoms with van der Waals surface area (Å²) in [6, 6.07) is 0. The Labute approximate surface area is 145 Å². The summed E-state index contributed by atoms with van der Waals surface area (Å²) in [5.41, 5.74) is 0. The van der Waals surface area contributed by atoms with Gasteiger partial charge in [-0.2, -0.15) is 0 Å². The van der Waals surface area contributed by atoms with Crippen molar-refractivity contribution < 1.29 is 9.53 Å². The highest BCUT2D eigenvalue weighted by Gasteiger charge is 2.04. The Balaban J connectivity index is 0. The SMILES string of the molecule is C.CCCCCCCCCC/C=C/C(C)OC(=O)NCCCC. The van der Waals surface area contributed by atoms with Gasteiger partial charge in [0, 0.05) is 6.54 Å². The van der Waals surface area contributed by atoms with Gasteiger partial charge in [-0.05, 0) is 32.3 Å². The molecule has 138 valence electrons. The Bertz CT molecular complexity index is 277. The van der Waals surface area contributed by atoms with E-state index in [-0.39, 0.29) is 19.6 Å². The summed E-state index contributed by atoms with van der Waals surface area (Å²) < 4.78 is 5.24. The van der Waals surface area contributed by atoms with Crippen molar-refractivity contribution in [3.05, 3.63) is 12.2 Å². The normalized spacial score (nSPS) is 12.0. The molecule has 0 saturated carbocycles. The second-order valence-electron chi connectivity index (χ2n) is 6.08. The van der Waals surface area contributed by atoms with E-state index >= 15 is 0 Å². The fourth-order valence-corrected chi connectivity index (χ4v) is 2.30. The first kappa shape index (κ1) is 24.3. The number of hydrogen-bond donors (Lipinski definition) is 1. The molecule has 1 amide bonds. The van der Waals surface area contributed by atoms with Crippen LogP contribution in [0.2, 0.25) is 0 Å². The van der Waals surface area contributed by atoms with Crippen molar-refractivity contribution in [3.63, 3.8) is 0 Å². The molecule has 0 radical (unpaired) electrons. The molecule has 0 aliphatic rings. The molecule has 23 heavy (non-hydrogen) atoms. The number of ether oxygens (including phenoxy) is 1. The summed E-state index contributed by atoms with van der Waals surface area (Å²) in [5.74, 6) is 0. The van der Waals surface area contributed by atoms with E-state index in [9.17, 15) is 4.79 Å². The van der Waals surface area contributed by atoms with Crippen LogP contribution in [0.25, 0.3) is 0 Å². The first-order chi connectivity index (χ1) is 10.7. The van der Waals surface area contributed by atoms with Crippen LogP contribution in [0.4, 0.5) is 4.79 Å². The van der Waals surface area contributed by atoms with Gasteiger partial charge >= 0.3 is 6.09 Å². The number of carbonyl (C=O) groups excluding carboxylic acids is 1. The third-order valence-corrected chi connectivity index (χ3v) is 3.72. The lowest BCUT2D eigenvalue weighted by Crippen LogP contribution is -2.27. The molecule has 0 heterocycles. The molecule has 0 bridgehead atoms. The summed E-state index contributed by atoms with van der Waals surface area (Å²) >= 11 is 0. The maximum Gasteiger partial charge on any atom is 0.407 e. The number of rotatable bonds is 14. The van der Waals surface area contributed by atoms with E-state index in [1.807, 2.05) is 13.0 Å². The van der Waals surface area contributed by atoms with E-state index in [0.717, 1.165) is 19.3 Å². The highest BCUT2D eigenvalue weighted by molar-refractivity contribution is 5.67. The molecule has 0 rings (SSSR count). The quantitative estimate of drug-likeness (QED) is 0.287. The molecule has 1 N–H and O–H groups in total. The Morgan fingerprint density at radius 1 is 0.957 bits per heavy atom. The summed E-state index contributed by atoms with van der Waals surface area (Å²) in [6.07, 6.45) is 17.6. The molecule has 1 atom stereocenters. The molecule has 0 aliphatic carbocycles. The number of allylic oxidation sites excluding steroid dienone is 1. The molecular weight excluding hydrogens is 286 g/mol. The zero-order valence-electron chi connectivity index (χ0n) is 15.0. The zero-order valence-corrected chi connectivity index (χ0v) is 15.0. The van der Waals surface area contributed by atoms with Crippen LogP contribution in [0.5, 0.6) is 0 Å². The molecule has 1 unspecified atom stereocenters. The Kier molecular flexibility index (Phi) is 20.1. The molecule has 3 heteroatoms. The predicted octanol–water partition coefficient (Wildman–Crippen LogP) is 6.62. The van der Waals surface area contributed by atoms with Gasteiger partial charge in [-0.15, -0.1) is 0 Å². The van der Waals surface area contributed by atoms with Crippen LogP contribution in [0.3, 0.4) is 0 Å². The largest absolute Gasteiger partial charge is 0.442 e. The molecule has 0 aromatic carbocycles. The van der Waals surface area contributed by atoms with Gasteiger partial charge in [0.2, 0.25) is 0 Å². The second-order valence-corrected chi connectivity index (χ2v) is 6.08. The van der Waals surface area contributed by atoms with E-state index in [2.05, 4.69) is 25.2 Å². The van der Waals surface area contributed by atoms with Crippen molar-refractivity contribution in [2.24, 2.45) is 0 Å². The molecule has 0 aromatic rings. The first-order valence-electron chi connectivity index (χ1n) is 9.31. The number of unbranched alkanes of at least 4 members (excludes halogenated alkanes) is 9. The van der Waals surface area contributed by atoms with Gasteiger partial charge in [-0.1, -0.05) is 78.7 Å². The van der Waals surface area contributed by atoms with Crippen LogP contribution in [-0.4, -0.2) is 18.7 Å². The van der Waals surface area contributed by atoms with Crippen LogP contribution in [-0.2, 0) is 4.74 Å². The summed E-state index contributed by atoms with van der Waals surface area (Å²) in [4.78, 5) is 11.4. The average Bonchev–Trinajstić information content (AvgIpc) is 2.49. The van der Waals surface area contributed by atoms with E-state index in [1.54, 1.807) is 0 Å². The lowest BCUT2D eigenvalue weighted by atomic mass is 10.1. The number of hydrogen-bond acceptors (Lipinski definition) is 2. The Hall–Kier alpha value is -0.990. The minimum absolute atomic E-state index is 0. The molecule has 0 spiro atoms. The van der Waals surface area contributed by atoms with Gasteiger partial charge in [0.05, 0.1) is 0 Å². The average molecular weight is 328 g/mol. The van der Waals surface area contributed by atoms with Gasteiger partial charge in [0.1, 0.15) is 6.10 Å². The number of carbonyl (C=O) groups is 1.